The van der Waals surface area contributed by atoms with Crippen molar-refractivity contribution in [2.24, 2.45) is 0 Å². The molecule has 0 amide bonds. The molecule has 7 heteroatoms. The molecule has 0 saturated carbocycles. The van der Waals surface area contributed by atoms with Crippen LogP contribution in [0.1, 0.15) is 20.8 Å². The van der Waals surface area contributed by atoms with Gasteiger partial charge in [0.05, 0.1) is 65.6 Å². The smallest absolute Gasteiger partial charge is 0.0807 e. The van der Waals surface area contributed by atoms with E-state index in [1.54, 1.807) is 26.0 Å². The van der Waals surface area contributed by atoms with Gasteiger partial charge in [0.2, 0.25) is 0 Å². The first kappa shape index (κ1) is 28.9. The summed E-state index contributed by atoms with van der Waals surface area (Å²) in [4.78, 5) is 0. The second-order valence-corrected chi connectivity index (χ2v) is 5.41. The Kier molecular flexibility index (Phi) is 33.6. The summed E-state index contributed by atoms with van der Waals surface area (Å²) >= 11 is 1.75. The Morgan fingerprint density at radius 1 is 0.708 bits per heavy atom. The second-order valence-electron chi connectivity index (χ2n) is 4.59. The van der Waals surface area contributed by atoms with Crippen LogP contribution < -0.4 is 0 Å². The lowest BCUT2D eigenvalue weighted by Crippen LogP contribution is -2.23. The molecular formula is C17H40O6S. The van der Waals surface area contributed by atoms with Crippen molar-refractivity contribution >= 4 is 11.8 Å². The van der Waals surface area contributed by atoms with Crippen molar-refractivity contribution < 1.29 is 28.4 Å². The Hall–Kier alpha value is 0.110. The largest absolute Gasteiger partial charge is 0.382 e. The third-order valence-corrected chi connectivity index (χ3v) is 2.58. The molecule has 6 nitrogen and oxygen atoms in total. The van der Waals surface area contributed by atoms with Gasteiger partial charge in [-0.1, -0.05) is 14.4 Å². The highest BCUT2D eigenvalue weighted by Gasteiger charge is 2.06. The van der Waals surface area contributed by atoms with Crippen molar-refractivity contribution in [2.75, 3.05) is 86.2 Å². The average Bonchev–Trinajstić information content (AvgIpc) is 2.56. The Balaban J connectivity index is -0.00000102. The zero-order chi connectivity index (χ0) is 17.6. The fourth-order valence-corrected chi connectivity index (χ4v) is 1.38. The number of rotatable bonds is 16. The van der Waals surface area contributed by atoms with Gasteiger partial charge in [0, 0.05) is 14.2 Å². The maximum absolute atomic E-state index is 5.66. The van der Waals surface area contributed by atoms with Gasteiger partial charge in [0.25, 0.3) is 0 Å². The minimum Gasteiger partial charge on any atom is -0.382 e. The highest BCUT2D eigenvalue weighted by atomic mass is 32.2. The van der Waals surface area contributed by atoms with Gasteiger partial charge in [-0.05, 0) is 18.9 Å². The maximum atomic E-state index is 5.66. The predicted molar refractivity (Wildman–Crippen MR) is 102 cm³/mol. The maximum Gasteiger partial charge on any atom is 0.0807 e. The van der Waals surface area contributed by atoms with Crippen LogP contribution in [0, 0.1) is 0 Å². The predicted octanol–water partition coefficient (Wildman–Crippen LogP) is 2.74. The van der Waals surface area contributed by atoms with Crippen molar-refractivity contribution in [3.8, 4) is 0 Å². The molecule has 0 rings (SSSR count). The number of thioether (sulfide) groups is 1. The van der Waals surface area contributed by atoms with Crippen LogP contribution in [0.3, 0.4) is 0 Å². The Morgan fingerprint density at radius 3 is 1.58 bits per heavy atom. The van der Waals surface area contributed by atoms with Gasteiger partial charge in [-0.2, -0.15) is 11.8 Å². The summed E-state index contributed by atoms with van der Waals surface area (Å²) in [5, 5.41) is 0. The lowest BCUT2D eigenvalue weighted by molar-refractivity contribution is -0.0528. The van der Waals surface area contributed by atoms with Crippen molar-refractivity contribution in [1.82, 2.24) is 0 Å². The summed E-state index contributed by atoms with van der Waals surface area (Å²) < 4.78 is 31.6. The van der Waals surface area contributed by atoms with E-state index in [0.717, 1.165) is 6.42 Å². The van der Waals surface area contributed by atoms with Crippen LogP contribution in [0.2, 0.25) is 0 Å². The SMILES string of the molecule is C.CCC(COCCOCCOC)OCCOCCOC.CSC. The molecule has 0 aromatic heterocycles. The molecule has 0 N–H and O–H groups in total. The molecule has 0 aromatic carbocycles. The van der Waals surface area contributed by atoms with E-state index in [1.165, 1.54) is 0 Å². The number of hydrogen-bond donors (Lipinski definition) is 0. The van der Waals surface area contributed by atoms with E-state index in [-0.39, 0.29) is 13.5 Å². The summed E-state index contributed by atoms with van der Waals surface area (Å²) in [5.74, 6) is 0. The molecule has 0 spiro atoms. The number of hydrogen-bond acceptors (Lipinski definition) is 7. The Labute approximate surface area is 153 Å². The van der Waals surface area contributed by atoms with Gasteiger partial charge < -0.3 is 28.4 Å². The molecule has 0 saturated heterocycles. The lowest BCUT2D eigenvalue weighted by Gasteiger charge is -2.16. The Morgan fingerprint density at radius 2 is 1.12 bits per heavy atom. The molecule has 1 atom stereocenters. The summed E-state index contributed by atoms with van der Waals surface area (Å²) in [6, 6.07) is 0. The third-order valence-electron chi connectivity index (χ3n) is 2.58. The van der Waals surface area contributed by atoms with E-state index in [0.29, 0.717) is 59.5 Å². The van der Waals surface area contributed by atoms with Gasteiger partial charge in [-0.15, -0.1) is 0 Å². The normalized spacial score (nSPS) is 11.4. The average molecular weight is 373 g/mol. The van der Waals surface area contributed by atoms with Gasteiger partial charge in [0.15, 0.2) is 0 Å². The first-order valence-electron chi connectivity index (χ1n) is 7.99. The monoisotopic (exact) mass is 372 g/mol. The number of ether oxygens (including phenoxy) is 6. The van der Waals surface area contributed by atoms with Crippen molar-refractivity contribution in [2.45, 2.75) is 26.9 Å². The van der Waals surface area contributed by atoms with Crippen LogP contribution in [0.15, 0.2) is 0 Å². The fourth-order valence-electron chi connectivity index (χ4n) is 1.38. The zero-order valence-corrected chi connectivity index (χ0v) is 16.3. The van der Waals surface area contributed by atoms with Crippen LogP contribution in [0.4, 0.5) is 0 Å². The van der Waals surface area contributed by atoms with Crippen LogP contribution in [-0.2, 0) is 28.4 Å². The van der Waals surface area contributed by atoms with Crippen LogP contribution >= 0.6 is 11.8 Å². The van der Waals surface area contributed by atoms with E-state index in [2.05, 4.69) is 6.92 Å². The quantitative estimate of drug-likeness (QED) is 0.386. The van der Waals surface area contributed by atoms with E-state index in [4.69, 9.17) is 28.4 Å². The molecular weight excluding hydrogens is 332 g/mol. The Bertz CT molecular complexity index is 198. The van der Waals surface area contributed by atoms with Crippen molar-refractivity contribution in [1.29, 1.82) is 0 Å². The molecule has 24 heavy (non-hydrogen) atoms. The number of methoxy groups -OCH3 is 2. The van der Waals surface area contributed by atoms with Crippen molar-refractivity contribution in [3.63, 3.8) is 0 Å². The van der Waals surface area contributed by atoms with E-state index in [1.807, 2.05) is 12.5 Å². The zero-order valence-electron chi connectivity index (χ0n) is 15.5. The molecule has 0 heterocycles. The molecule has 0 fully saturated rings. The minimum absolute atomic E-state index is 0. The van der Waals surface area contributed by atoms with Gasteiger partial charge in [-0.3, -0.25) is 0 Å². The van der Waals surface area contributed by atoms with E-state index < -0.39 is 0 Å². The standard InChI is InChI=1S/C14H30O6.C2H6S.CH4/c1-4-14(20-12-11-18-8-6-16-3)13-19-10-9-17-7-5-15-2;1-3-2;/h14H,4-13H2,1-3H3;1-2H3;1H4. The van der Waals surface area contributed by atoms with Gasteiger partial charge >= 0.3 is 0 Å². The van der Waals surface area contributed by atoms with Crippen LogP contribution in [0.5, 0.6) is 0 Å². The fraction of sp³-hybridized carbons (Fsp3) is 1.00. The summed E-state index contributed by atoms with van der Waals surface area (Å²) in [5.41, 5.74) is 0. The highest BCUT2D eigenvalue weighted by Crippen LogP contribution is 1.99. The summed E-state index contributed by atoms with van der Waals surface area (Å²) in [6.45, 7) is 7.42. The van der Waals surface area contributed by atoms with E-state index >= 15 is 0 Å². The molecule has 0 radical (unpaired) electrons. The minimum atomic E-state index is 0. The summed E-state index contributed by atoms with van der Waals surface area (Å²) in [7, 11) is 3.31. The molecule has 0 aromatic rings. The first-order chi connectivity index (χ1) is 11.3. The third kappa shape index (κ3) is 27.0. The van der Waals surface area contributed by atoms with Crippen molar-refractivity contribution in [3.05, 3.63) is 0 Å². The lowest BCUT2D eigenvalue weighted by atomic mass is 10.3. The summed E-state index contributed by atoms with van der Waals surface area (Å²) in [6.07, 6.45) is 5.11. The molecule has 0 aliphatic rings. The molecule has 150 valence electrons. The molecule has 0 bridgehead atoms. The first-order valence-corrected chi connectivity index (χ1v) is 9.62. The van der Waals surface area contributed by atoms with Gasteiger partial charge in [-0.25, -0.2) is 0 Å². The molecule has 0 aliphatic heterocycles. The van der Waals surface area contributed by atoms with E-state index in [9.17, 15) is 0 Å². The van der Waals surface area contributed by atoms with Crippen LogP contribution in [-0.4, -0.2) is 92.3 Å². The molecule has 0 aliphatic carbocycles. The van der Waals surface area contributed by atoms with Crippen LogP contribution in [0.25, 0.3) is 0 Å². The van der Waals surface area contributed by atoms with Gasteiger partial charge in [0.1, 0.15) is 0 Å². The topological polar surface area (TPSA) is 55.4 Å². The second kappa shape index (κ2) is 27.9. The highest BCUT2D eigenvalue weighted by molar-refractivity contribution is 7.97. The molecule has 1 unspecified atom stereocenters.